The number of sulfonamides is 1. The monoisotopic (exact) mass is 401 g/mol. The van der Waals surface area contributed by atoms with Gasteiger partial charge in [-0.2, -0.15) is 5.26 Å². The summed E-state index contributed by atoms with van der Waals surface area (Å²) >= 11 is 0. The fourth-order valence-corrected chi connectivity index (χ4v) is 3.73. The third-order valence-electron chi connectivity index (χ3n) is 4.15. The van der Waals surface area contributed by atoms with Gasteiger partial charge in [0, 0.05) is 11.8 Å². The van der Waals surface area contributed by atoms with E-state index in [1.165, 1.54) is 6.92 Å². The topological polar surface area (TPSA) is 109 Å². The molecule has 0 aliphatic carbocycles. The van der Waals surface area contributed by atoms with Gasteiger partial charge in [-0.25, -0.2) is 8.42 Å². The zero-order chi connectivity index (χ0) is 20.1. The smallest absolute Gasteiger partial charge is 0.245 e. The predicted molar refractivity (Wildman–Crippen MR) is 104 cm³/mol. The number of anilines is 2. The Morgan fingerprint density at radius 1 is 1.18 bits per heavy atom. The molecule has 1 aliphatic rings. The van der Waals surface area contributed by atoms with E-state index in [4.69, 9.17) is 14.7 Å². The Bertz CT molecular complexity index is 1010. The van der Waals surface area contributed by atoms with Gasteiger partial charge in [-0.1, -0.05) is 12.1 Å². The zero-order valence-electron chi connectivity index (χ0n) is 15.2. The normalized spacial score (nSPS) is 12.3. The molecule has 0 atom stereocenters. The molecule has 0 saturated heterocycles. The lowest BCUT2D eigenvalue weighted by molar-refractivity contribution is -0.114. The quantitative estimate of drug-likeness (QED) is 0.762. The number of fused-ring (bicyclic) bond motifs is 1. The summed E-state index contributed by atoms with van der Waals surface area (Å²) in [5, 5.41) is 11.4. The third kappa shape index (κ3) is 4.35. The molecule has 2 aromatic carbocycles. The lowest BCUT2D eigenvalue weighted by Crippen LogP contribution is -2.39. The fraction of sp³-hybridized carbons (Fsp3) is 0.263. The van der Waals surface area contributed by atoms with Crippen molar-refractivity contribution in [2.24, 2.45) is 0 Å². The van der Waals surface area contributed by atoms with E-state index in [0.29, 0.717) is 22.9 Å². The summed E-state index contributed by atoms with van der Waals surface area (Å²) in [4.78, 5) is 12.5. The summed E-state index contributed by atoms with van der Waals surface area (Å²) in [5.41, 5.74) is 1.67. The highest BCUT2D eigenvalue weighted by Crippen LogP contribution is 2.36. The minimum Gasteiger partial charge on any atom is -0.454 e. The molecule has 0 unspecified atom stereocenters. The van der Waals surface area contributed by atoms with Crippen molar-refractivity contribution < 1.29 is 22.7 Å². The van der Waals surface area contributed by atoms with Crippen LogP contribution in [0.5, 0.6) is 11.5 Å². The van der Waals surface area contributed by atoms with Crippen LogP contribution >= 0.6 is 0 Å². The number of hydrogen-bond donors (Lipinski definition) is 1. The van der Waals surface area contributed by atoms with Crippen LogP contribution in [0.3, 0.4) is 0 Å². The first kappa shape index (κ1) is 19.5. The standard InChI is InChI=1S/C19H19N3O5S/c1-2-28(24,25)22(16-7-8-17-18(11-16)27-13-26-17)12-19(23)21-15-5-3-14(4-6-15)9-10-20/h3-8,11H,2,9,12-13H2,1H3,(H,21,23). The van der Waals surface area contributed by atoms with Crippen LogP contribution in [0.1, 0.15) is 12.5 Å². The Kier molecular flexibility index (Phi) is 5.70. The van der Waals surface area contributed by atoms with E-state index in [1.54, 1.807) is 42.5 Å². The second-order valence-corrected chi connectivity index (χ2v) is 8.21. The second kappa shape index (κ2) is 8.19. The molecule has 0 saturated carbocycles. The molecule has 1 amide bonds. The number of nitriles is 1. The maximum absolute atomic E-state index is 12.5. The molecular formula is C19H19N3O5S. The van der Waals surface area contributed by atoms with Gasteiger partial charge in [-0.3, -0.25) is 9.10 Å². The second-order valence-electron chi connectivity index (χ2n) is 6.02. The van der Waals surface area contributed by atoms with Gasteiger partial charge in [0.25, 0.3) is 0 Å². The van der Waals surface area contributed by atoms with Gasteiger partial charge in [0.15, 0.2) is 11.5 Å². The highest BCUT2D eigenvalue weighted by atomic mass is 32.2. The van der Waals surface area contributed by atoms with Gasteiger partial charge < -0.3 is 14.8 Å². The number of carbonyl (C=O) groups is 1. The highest BCUT2D eigenvalue weighted by molar-refractivity contribution is 7.92. The molecule has 0 aromatic heterocycles. The van der Waals surface area contributed by atoms with Gasteiger partial charge in [0.05, 0.1) is 23.9 Å². The number of nitrogens with one attached hydrogen (secondary N) is 1. The Labute approximate surface area is 163 Å². The summed E-state index contributed by atoms with van der Waals surface area (Å²) in [6, 6.07) is 13.6. The Balaban J connectivity index is 1.78. The van der Waals surface area contributed by atoms with Crippen molar-refractivity contribution in [2.75, 3.05) is 28.7 Å². The number of amides is 1. The largest absolute Gasteiger partial charge is 0.454 e. The summed E-state index contributed by atoms with van der Waals surface area (Å²) in [6.45, 7) is 1.21. The van der Waals surface area contributed by atoms with Gasteiger partial charge in [-0.05, 0) is 36.8 Å². The van der Waals surface area contributed by atoms with E-state index in [0.717, 1.165) is 9.87 Å². The van der Waals surface area contributed by atoms with Gasteiger partial charge in [0.1, 0.15) is 6.54 Å². The number of nitrogens with zero attached hydrogens (tertiary/aromatic N) is 2. The van der Waals surface area contributed by atoms with Crippen molar-refractivity contribution in [1.29, 1.82) is 5.26 Å². The van der Waals surface area contributed by atoms with Crippen molar-refractivity contribution in [3.05, 3.63) is 48.0 Å². The first-order chi connectivity index (χ1) is 13.4. The molecule has 0 fully saturated rings. The van der Waals surface area contributed by atoms with Crippen LogP contribution in [0.4, 0.5) is 11.4 Å². The van der Waals surface area contributed by atoms with Gasteiger partial charge >= 0.3 is 0 Å². The van der Waals surface area contributed by atoms with Crippen molar-refractivity contribution >= 4 is 27.3 Å². The number of hydrogen-bond acceptors (Lipinski definition) is 6. The minimum atomic E-state index is -3.69. The molecule has 0 spiro atoms. The van der Waals surface area contributed by atoms with Crippen LogP contribution in [0.15, 0.2) is 42.5 Å². The molecule has 0 radical (unpaired) electrons. The van der Waals surface area contributed by atoms with Crippen molar-refractivity contribution in [3.63, 3.8) is 0 Å². The van der Waals surface area contributed by atoms with Crippen LogP contribution in [0, 0.1) is 11.3 Å². The Hall–Kier alpha value is -3.25. The van der Waals surface area contributed by atoms with Gasteiger partial charge in [0.2, 0.25) is 22.7 Å². The molecule has 8 nitrogen and oxygen atoms in total. The number of benzene rings is 2. The molecule has 28 heavy (non-hydrogen) atoms. The Morgan fingerprint density at radius 2 is 1.89 bits per heavy atom. The molecule has 1 heterocycles. The van der Waals surface area contributed by atoms with Crippen LogP contribution in [0.25, 0.3) is 0 Å². The average Bonchev–Trinajstić information content (AvgIpc) is 3.15. The number of rotatable bonds is 7. The first-order valence-electron chi connectivity index (χ1n) is 8.58. The molecule has 0 bridgehead atoms. The number of carbonyl (C=O) groups excluding carboxylic acids is 1. The first-order valence-corrected chi connectivity index (χ1v) is 10.2. The van der Waals surface area contributed by atoms with Crippen LogP contribution < -0.4 is 19.1 Å². The van der Waals surface area contributed by atoms with E-state index < -0.39 is 15.9 Å². The maximum atomic E-state index is 12.5. The van der Waals surface area contributed by atoms with Crippen LogP contribution in [-0.4, -0.2) is 33.4 Å². The van der Waals surface area contributed by atoms with Gasteiger partial charge in [-0.15, -0.1) is 0 Å². The van der Waals surface area contributed by atoms with Crippen molar-refractivity contribution in [2.45, 2.75) is 13.3 Å². The molecular weight excluding hydrogens is 382 g/mol. The Morgan fingerprint density at radius 3 is 2.57 bits per heavy atom. The summed E-state index contributed by atoms with van der Waals surface area (Å²) in [7, 11) is -3.69. The van der Waals surface area contributed by atoms with E-state index in [2.05, 4.69) is 5.32 Å². The van der Waals surface area contributed by atoms with E-state index in [9.17, 15) is 13.2 Å². The van der Waals surface area contributed by atoms with E-state index in [1.807, 2.05) is 6.07 Å². The summed E-state index contributed by atoms with van der Waals surface area (Å²) in [6.07, 6.45) is 0.279. The zero-order valence-corrected chi connectivity index (χ0v) is 16.0. The summed E-state index contributed by atoms with van der Waals surface area (Å²) in [5.74, 6) is 0.321. The van der Waals surface area contributed by atoms with Crippen LogP contribution in [-0.2, 0) is 21.2 Å². The van der Waals surface area contributed by atoms with Crippen molar-refractivity contribution in [1.82, 2.24) is 0 Å². The lowest BCUT2D eigenvalue weighted by atomic mass is 10.1. The van der Waals surface area contributed by atoms with Crippen molar-refractivity contribution in [3.8, 4) is 17.6 Å². The third-order valence-corrected chi connectivity index (χ3v) is 5.89. The number of ether oxygens (including phenoxy) is 2. The molecule has 1 N–H and O–H groups in total. The molecule has 9 heteroatoms. The average molecular weight is 401 g/mol. The van der Waals surface area contributed by atoms with Crippen LogP contribution in [0.2, 0.25) is 0 Å². The summed E-state index contributed by atoms with van der Waals surface area (Å²) < 4.78 is 36.7. The van der Waals surface area contributed by atoms with E-state index >= 15 is 0 Å². The molecule has 1 aliphatic heterocycles. The molecule has 146 valence electrons. The SMILES string of the molecule is CCS(=O)(=O)N(CC(=O)Nc1ccc(CC#N)cc1)c1ccc2c(c1)OCO2. The highest BCUT2D eigenvalue weighted by Gasteiger charge is 2.25. The minimum absolute atomic E-state index is 0.0710. The lowest BCUT2D eigenvalue weighted by Gasteiger charge is -2.23. The predicted octanol–water partition coefficient (Wildman–Crippen LogP) is 2.28. The molecule has 2 aromatic rings. The molecule has 3 rings (SSSR count). The maximum Gasteiger partial charge on any atom is 0.245 e. The van der Waals surface area contributed by atoms with E-state index in [-0.39, 0.29) is 25.5 Å². The fourth-order valence-electron chi connectivity index (χ4n) is 2.67.